The molecule has 0 spiro atoms. The van der Waals surface area contributed by atoms with Crippen molar-refractivity contribution in [1.29, 1.82) is 0 Å². The molecule has 1 aliphatic rings. The summed E-state index contributed by atoms with van der Waals surface area (Å²) in [5.74, 6) is -0.234. The van der Waals surface area contributed by atoms with Gasteiger partial charge in [-0.15, -0.1) is 0 Å². The van der Waals surface area contributed by atoms with E-state index in [1.807, 2.05) is 37.3 Å². The zero-order chi connectivity index (χ0) is 21.8. The maximum atomic E-state index is 13.0. The highest BCUT2D eigenvalue weighted by molar-refractivity contribution is 6.04. The zero-order valence-corrected chi connectivity index (χ0v) is 17.2. The Labute approximate surface area is 180 Å². The third-order valence-electron chi connectivity index (χ3n) is 5.26. The number of fused-ring (bicyclic) bond motifs is 1. The van der Waals surface area contributed by atoms with Crippen molar-refractivity contribution in [3.63, 3.8) is 0 Å². The minimum absolute atomic E-state index is 0.121. The van der Waals surface area contributed by atoms with Crippen molar-refractivity contribution in [2.45, 2.75) is 19.9 Å². The molecule has 6 heteroatoms. The first-order valence-corrected chi connectivity index (χ1v) is 10.1. The maximum absolute atomic E-state index is 13.0. The fraction of sp³-hybridized carbons (Fsp3) is 0.200. The van der Waals surface area contributed by atoms with E-state index >= 15 is 0 Å². The van der Waals surface area contributed by atoms with E-state index in [9.17, 15) is 14.0 Å². The minimum Gasteiger partial charge on any atom is -0.492 e. The molecule has 0 aromatic heterocycles. The number of hydrogen-bond donors (Lipinski definition) is 2. The van der Waals surface area contributed by atoms with E-state index in [0.29, 0.717) is 24.2 Å². The molecule has 3 aromatic rings. The lowest BCUT2D eigenvalue weighted by molar-refractivity contribution is -0.126. The lowest BCUT2D eigenvalue weighted by Gasteiger charge is -2.25. The highest BCUT2D eigenvalue weighted by Crippen LogP contribution is 2.30. The first-order chi connectivity index (χ1) is 15.0. The lowest BCUT2D eigenvalue weighted by atomic mass is 9.95. The van der Waals surface area contributed by atoms with Crippen LogP contribution in [0.1, 0.15) is 27.0 Å². The van der Waals surface area contributed by atoms with E-state index in [4.69, 9.17) is 4.74 Å². The van der Waals surface area contributed by atoms with Gasteiger partial charge in [0.15, 0.2) is 0 Å². The normalized spacial score (nSPS) is 14.8. The number of carbonyl (C=O) groups excluding carboxylic acids is 2. The van der Waals surface area contributed by atoms with E-state index in [1.165, 1.54) is 12.1 Å². The van der Waals surface area contributed by atoms with E-state index in [0.717, 1.165) is 22.4 Å². The first-order valence-electron chi connectivity index (χ1n) is 10.1. The fourth-order valence-corrected chi connectivity index (χ4v) is 3.57. The van der Waals surface area contributed by atoms with Crippen LogP contribution in [0.5, 0.6) is 5.75 Å². The van der Waals surface area contributed by atoms with E-state index in [1.54, 1.807) is 24.3 Å². The summed E-state index contributed by atoms with van der Waals surface area (Å²) in [6.45, 7) is 2.56. The van der Waals surface area contributed by atoms with Crippen molar-refractivity contribution in [2.75, 3.05) is 11.9 Å². The molecule has 2 N–H and O–H groups in total. The number of nitrogens with one attached hydrogen (secondary N) is 2. The molecule has 0 radical (unpaired) electrons. The molecule has 1 unspecified atom stereocenters. The Morgan fingerprint density at radius 2 is 1.87 bits per heavy atom. The van der Waals surface area contributed by atoms with Crippen LogP contribution in [0.3, 0.4) is 0 Å². The number of ether oxygens (including phenoxy) is 1. The van der Waals surface area contributed by atoms with Crippen LogP contribution in [0.2, 0.25) is 0 Å². The molecule has 3 aromatic carbocycles. The van der Waals surface area contributed by atoms with Gasteiger partial charge in [-0.05, 0) is 66.9 Å². The lowest BCUT2D eigenvalue weighted by Crippen LogP contribution is -2.37. The molecule has 0 aliphatic carbocycles. The summed E-state index contributed by atoms with van der Waals surface area (Å²) in [6, 6.07) is 18.9. The molecule has 2 amide bonds. The average Bonchev–Trinajstić information content (AvgIpc) is 2.78. The Morgan fingerprint density at radius 1 is 1.06 bits per heavy atom. The summed E-state index contributed by atoms with van der Waals surface area (Å²) in [5, 5.41) is 5.79. The summed E-state index contributed by atoms with van der Waals surface area (Å²) in [4.78, 5) is 25.1. The highest BCUT2D eigenvalue weighted by Gasteiger charge is 2.26. The van der Waals surface area contributed by atoms with Crippen LogP contribution >= 0.6 is 0 Å². The van der Waals surface area contributed by atoms with Gasteiger partial charge in [0.1, 0.15) is 18.2 Å². The van der Waals surface area contributed by atoms with E-state index in [-0.39, 0.29) is 30.2 Å². The Kier molecular flexibility index (Phi) is 5.98. The van der Waals surface area contributed by atoms with Gasteiger partial charge in [0.05, 0.1) is 5.92 Å². The van der Waals surface area contributed by atoms with Crippen molar-refractivity contribution >= 4 is 17.5 Å². The number of benzene rings is 3. The summed E-state index contributed by atoms with van der Waals surface area (Å²) >= 11 is 0. The summed E-state index contributed by atoms with van der Waals surface area (Å²) in [5.41, 5.74) is 3.96. The van der Waals surface area contributed by atoms with Gasteiger partial charge in [-0.1, -0.05) is 29.8 Å². The molecule has 0 bridgehead atoms. The largest absolute Gasteiger partial charge is 0.492 e. The van der Waals surface area contributed by atoms with Crippen molar-refractivity contribution in [3.05, 3.63) is 94.8 Å². The average molecular weight is 418 g/mol. The van der Waals surface area contributed by atoms with Crippen LogP contribution in [-0.2, 0) is 17.8 Å². The van der Waals surface area contributed by atoms with Crippen LogP contribution in [-0.4, -0.2) is 18.4 Å². The number of amides is 2. The molecule has 0 saturated carbocycles. The minimum atomic E-state index is -0.337. The van der Waals surface area contributed by atoms with Crippen LogP contribution < -0.4 is 15.4 Å². The molecule has 0 saturated heterocycles. The fourth-order valence-electron chi connectivity index (χ4n) is 3.57. The number of aryl methyl sites for hydroxylation is 1. The number of carbonyl (C=O) groups is 2. The molecule has 0 fully saturated rings. The summed E-state index contributed by atoms with van der Waals surface area (Å²) < 4.78 is 18.8. The molecule has 1 heterocycles. The van der Waals surface area contributed by atoms with E-state index < -0.39 is 0 Å². The third-order valence-corrected chi connectivity index (χ3v) is 5.26. The second kappa shape index (κ2) is 9.00. The van der Waals surface area contributed by atoms with Crippen LogP contribution in [0.25, 0.3) is 0 Å². The molecule has 1 atom stereocenters. The Morgan fingerprint density at radius 3 is 2.65 bits per heavy atom. The second-order valence-corrected chi connectivity index (χ2v) is 7.70. The Hall–Kier alpha value is -3.67. The van der Waals surface area contributed by atoms with Gasteiger partial charge in [-0.2, -0.15) is 0 Å². The monoisotopic (exact) mass is 418 g/mol. The van der Waals surface area contributed by atoms with Gasteiger partial charge in [0.25, 0.3) is 5.91 Å². The molecule has 4 rings (SSSR count). The maximum Gasteiger partial charge on any atom is 0.255 e. The topological polar surface area (TPSA) is 67.4 Å². The molecule has 5 nitrogen and oxygen atoms in total. The zero-order valence-electron chi connectivity index (χ0n) is 17.2. The van der Waals surface area contributed by atoms with Gasteiger partial charge >= 0.3 is 0 Å². The van der Waals surface area contributed by atoms with Gasteiger partial charge in [0, 0.05) is 17.8 Å². The van der Waals surface area contributed by atoms with Gasteiger partial charge in [-0.3, -0.25) is 9.59 Å². The number of anilines is 1. The third kappa shape index (κ3) is 5.09. The van der Waals surface area contributed by atoms with Crippen LogP contribution in [0.4, 0.5) is 10.1 Å². The van der Waals surface area contributed by atoms with Gasteiger partial charge < -0.3 is 15.4 Å². The second-order valence-electron chi connectivity index (χ2n) is 7.70. The quantitative estimate of drug-likeness (QED) is 0.651. The SMILES string of the molecule is Cc1cccc(C(=O)Nc2ccc3c(c2)CC(C(=O)NCc2ccc(F)cc2)CO3)c1. The number of rotatable bonds is 5. The summed E-state index contributed by atoms with van der Waals surface area (Å²) in [7, 11) is 0. The molecular formula is C25H23FN2O3. The molecular weight excluding hydrogens is 395 g/mol. The number of hydrogen-bond acceptors (Lipinski definition) is 3. The van der Waals surface area contributed by atoms with Gasteiger partial charge in [0.2, 0.25) is 5.91 Å². The van der Waals surface area contributed by atoms with E-state index in [2.05, 4.69) is 10.6 Å². The van der Waals surface area contributed by atoms with Crippen molar-refractivity contribution < 1.29 is 18.7 Å². The standard InChI is InChI=1S/C25H23FN2O3/c1-16-3-2-4-18(11-16)25(30)28-22-9-10-23-19(13-22)12-20(15-31-23)24(29)27-14-17-5-7-21(26)8-6-17/h2-11,13,20H,12,14-15H2,1H3,(H,27,29)(H,28,30). The van der Waals surface area contributed by atoms with Crippen molar-refractivity contribution in [2.24, 2.45) is 5.92 Å². The molecule has 158 valence electrons. The van der Waals surface area contributed by atoms with Gasteiger partial charge in [-0.25, -0.2) is 4.39 Å². The van der Waals surface area contributed by atoms with Crippen molar-refractivity contribution in [3.8, 4) is 5.75 Å². The molecule has 1 aliphatic heterocycles. The predicted molar refractivity (Wildman–Crippen MR) is 117 cm³/mol. The van der Waals surface area contributed by atoms with Crippen molar-refractivity contribution in [1.82, 2.24) is 5.32 Å². The molecule has 31 heavy (non-hydrogen) atoms. The Balaban J connectivity index is 1.39. The highest BCUT2D eigenvalue weighted by atomic mass is 19.1. The Bertz CT molecular complexity index is 1110. The van der Waals surface area contributed by atoms with Crippen LogP contribution in [0, 0.1) is 18.7 Å². The summed E-state index contributed by atoms with van der Waals surface area (Å²) in [6.07, 6.45) is 0.513. The first kappa shape index (κ1) is 20.6. The number of halogens is 1. The predicted octanol–water partition coefficient (Wildman–Crippen LogP) is 4.25. The van der Waals surface area contributed by atoms with Crippen LogP contribution in [0.15, 0.2) is 66.7 Å². The smallest absolute Gasteiger partial charge is 0.255 e.